The Labute approximate surface area is 191 Å². The maximum absolute atomic E-state index is 13.3. The number of carbonyl (C=O) groups excluding carboxylic acids is 1. The zero-order chi connectivity index (χ0) is 23.1. The number of carbonyl (C=O) groups is 1. The van der Waals surface area contributed by atoms with Gasteiger partial charge in [-0.1, -0.05) is 29.8 Å². The van der Waals surface area contributed by atoms with Crippen LogP contribution in [-0.4, -0.2) is 39.3 Å². The Bertz CT molecular complexity index is 1190. The van der Waals surface area contributed by atoms with E-state index < -0.39 is 21.6 Å². The fourth-order valence-electron chi connectivity index (χ4n) is 4.41. The second kappa shape index (κ2) is 8.50. The molecule has 2 aliphatic rings. The van der Waals surface area contributed by atoms with Crippen LogP contribution in [0, 0.1) is 5.82 Å². The molecule has 9 heteroatoms. The predicted molar refractivity (Wildman–Crippen MR) is 120 cm³/mol. The van der Waals surface area contributed by atoms with E-state index in [-0.39, 0.29) is 28.3 Å². The molecule has 0 saturated heterocycles. The smallest absolute Gasteiger partial charge is 0.306 e. The van der Waals surface area contributed by atoms with E-state index in [0.29, 0.717) is 36.8 Å². The number of methoxy groups -OCH3 is 1. The van der Waals surface area contributed by atoms with Gasteiger partial charge in [-0.05, 0) is 61.1 Å². The molecule has 1 fully saturated rings. The first-order chi connectivity index (χ1) is 15.1. The van der Waals surface area contributed by atoms with Crippen molar-refractivity contribution in [3.8, 4) is 11.1 Å². The van der Waals surface area contributed by atoms with Gasteiger partial charge in [-0.15, -0.1) is 0 Å². The third-order valence-corrected chi connectivity index (χ3v) is 6.81. The van der Waals surface area contributed by atoms with Gasteiger partial charge in [0.05, 0.1) is 17.9 Å². The summed E-state index contributed by atoms with van der Waals surface area (Å²) in [5, 5.41) is 3.24. The lowest BCUT2D eigenvalue weighted by atomic mass is 9.79. The van der Waals surface area contributed by atoms with Crippen LogP contribution in [0.3, 0.4) is 0 Å². The van der Waals surface area contributed by atoms with E-state index in [2.05, 4.69) is 5.32 Å². The van der Waals surface area contributed by atoms with Crippen molar-refractivity contribution in [2.75, 3.05) is 13.4 Å². The molecular formula is C23H23ClFNO5S. The minimum Gasteiger partial charge on any atom is -0.384 e. The molecule has 1 amide bonds. The molecule has 1 spiro atoms. The number of hydrogen-bond acceptors (Lipinski definition) is 5. The summed E-state index contributed by atoms with van der Waals surface area (Å²) in [6.07, 6.45) is 3.22. The van der Waals surface area contributed by atoms with Crippen molar-refractivity contribution in [1.82, 2.24) is 5.32 Å². The number of rotatable bonds is 5. The van der Waals surface area contributed by atoms with Gasteiger partial charge in [-0.3, -0.25) is 4.79 Å². The molecule has 1 N–H and O–H groups in total. The van der Waals surface area contributed by atoms with Gasteiger partial charge in [0.25, 0.3) is 5.91 Å². The lowest BCUT2D eigenvalue weighted by Crippen LogP contribution is -2.49. The molecule has 32 heavy (non-hydrogen) atoms. The number of nitrogens with one attached hydrogen (secondary N) is 1. The van der Waals surface area contributed by atoms with E-state index in [0.717, 1.165) is 11.8 Å². The number of hydrogen-bond donors (Lipinski definition) is 1. The van der Waals surface area contributed by atoms with Crippen LogP contribution >= 0.6 is 11.6 Å². The minimum absolute atomic E-state index is 0.0338. The third-order valence-electron chi connectivity index (χ3n) is 6.01. The molecule has 0 aromatic heterocycles. The van der Waals surface area contributed by atoms with E-state index in [4.69, 9.17) is 20.5 Å². The molecule has 0 atom stereocenters. The molecule has 1 saturated carbocycles. The van der Waals surface area contributed by atoms with Crippen LogP contribution in [0.25, 0.3) is 16.7 Å². The molecule has 6 nitrogen and oxygen atoms in total. The summed E-state index contributed by atoms with van der Waals surface area (Å²) in [5.74, 6) is -0.742. The van der Waals surface area contributed by atoms with Gasteiger partial charge in [0.2, 0.25) is 0 Å². The first-order valence-electron chi connectivity index (χ1n) is 10.2. The minimum atomic E-state index is -3.91. The van der Waals surface area contributed by atoms with Gasteiger partial charge in [0, 0.05) is 17.7 Å². The summed E-state index contributed by atoms with van der Waals surface area (Å²) >= 11 is 6.46. The molecule has 4 rings (SSSR count). The van der Waals surface area contributed by atoms with Gasteiger partial charge >= 0.3 is 10.1 Å². The van der Waals surface area contributed by atoms with E-state index in [1.165, 1.54) is 12.1 Å². The second-order valence-corrected chi connectivity index (χ2v) is 10.1. The van der Waals surface area contributed by atoms with Crippen LogP contribution in [0.1, 0.15) is 31.2 Å². The normalized spacial score (nSPS) is 23.5. The van der Waals surface area contributed by atoms with Crippen LogP contribution in [0.4, 0.5) is 4.39 Å². The molecule has 0 bridgehead atoms. The summed E-state index contributed by atoms with van der Waals surface area (Å²) in [5.41, 5.74) is 0.937. The fraction of sp³-hybridized carbons (Fsp3) is 0.348. The van der Waals surface area contributed by atoms with Gasteiger partial charge < -0.3 is 14.2 Å². The summed E-state index contributed by atoms with van der Waals surface area (Å²) < 4.78 is 48.5. The average Bonchev–Trinajstić information content (AvgIpc) is 2.99. The number of benzene rings is 2. The highest BCUT2D eigenvalue weighted by atomic mass is 35.5. The topological polar surface area (TPSA) is 81.7 Å². The maximum atomic E-state index is 13.3. The van der Waals surface area contributed by atoms with Crippen molar-refractivity contribution in [2.24, 2.45) is 0 Å². The number of amides is 1. The Morgan fingerprint density at radius 3 is 2.31 bits per heavy atom. The molecule has 1 heterocycles. The Hall–Kier alpha value is -2.42. The van der Waals surface area contributed by atoms with Crippen LogP contribution in [0.5, 0.6) is 0 Å². The summed E-state index contributed by atoms with van der Waals surface area (Å²) in [4.78, 5) is 13.2. The van der Waals surface area contributed by atoms with Crippen LogP contribution in [0.2, 0.25) is 5.02 Å². The largest absolute Gasteiger partial charge is 0.384 e. The Morgan fingerprint density at radius 1 is 1.09 bits per heavy atom. The summed E-state index contributed by atoms with van der Waals surface area (Å²) in [6.45, 7) is 0. The highest BCUT2D eigenvalue weighted by molar-refractivity contribution is 7.86. The van der Waals surface area contributed by atoms with Crippen LogP contribution in [0.15, 0.2) is 48.2 Å². The van der Waals surface area contributed by atoms with Gasteiger partial charge in [-0.2, -0.15) is 8.42 Å². The zero-order valence-corrected chi connectivity index (χ0v) is 19.2. The predicted octanol–water partition coefficient (Wildman–Crippen LogP) is 4.29. The number of halogens is 2. The lowest BCUT2D eigenvalue weighted by molar-refractivity contribution is -0.116. The molecule has 0 unspecified atom stereocenters. The van der Waals surface area contributed by atoms with E-state index >= 15 is 0 Å². The van der Waals surface area contributed by atoms with Crippen molar-refractivity contribution in [1.29, 1.82) is 0 Å². The van der Waals surface area contributed by atoms with E-state index in [1.807, 2.05) is 0 Å². The standard InChI is InChI=1S/C23H23ClFNO5S/c1-30-17-9-11-23(12-10-17)21(31-32(2,28)29)20(22(27)26-23)18-13-15(5-8-19(18)24)14-3-6-16(25)7-4-14/h3-8,13,17H,9-12H2,1-2H3,(H,26,27)/t17-,23+. The quantitative estimate of drug-likeness (QED) is 0.647. The Balaban J connectivity index is 1.86. The van der Waals surface area contributed by atoms with Crippen LogP contribution < -0.4 is 5.32 Å². The average molecular weight is 480 g/mol. The molecule has 170 valence electrons. The van der Waals surface area contributed by atoms with Gasteiger partial charge in [0.1, 0.15) is 11.4 Å². The maximum Gasteiger partial charge on any atom is 0.306 e. The lowest BCUT2D eigenvalue weighted by Gasteiger charge is -2.37. The molecule has 2 aromatic rings. The van der Waals surface area contributed by atoms with Crippen molar-refractivity contribution >= 4 is 33.2 Å². The van der Waals surface area contributed by atoms with Gasteiger partial charge in [-0.25, -0.2) is 4.39 Å². The molecule has 1 aliphatic heterocycles. The van der Waals surface area contributed by atoms with Crippen molar-refractivity contribution in [3.05, 3.63) is 64.6 Å². The third kappa shape index (κ3) is 4.40. The first-order valence-corrected chi connectivity index (χ1v) is 12.4. The first kappa shape index (κ1) is 22.8. The summed E-state index contributed by atoms with van der Waals surface area (Å²) in [6, 6.07) is 11.0. The van der Waals surface area contributed by atoms with Gasteiger partial charge in [0.15, 0.2) is 5.76 Å². The van der Waals surface area contributed by atoms with E-state index in [1.54, 1.807) is 37.4 Å². The van der Waals surface area contributed by atoms with Crippen molar-refractivity contribution < 1.29 is 26.5 Å². The number of ether oxygens (including phenoxy) is 1. The SMILES string of the molecule is CO[C@H]1CC[C@]2(CC1)NC(=O)C(c1cc(-c3ccc(F)cc3)ccc1Cl)=C2OS(C)(=O)=O. The summed E-state index contributed by atoms with van der Waals surface area (Å²) in [7, 11) is -2.28. The molecule has 1 aliphatic carbocycles. The Kier molecular flexibility index (Phi) is 6.04. The Morgan fingerprint density at radius 2 is 1.72 bits per heavy atom. The molecule has 2 aromatic carbocycles. The fourth-order valence-corrected chi connectivity index (χ4v) is 5.16. The molecule has 0 radical (unpaired) electrons. The molecular weight excluding hydrogens is 457 g/mol. The van der Waals surface area contributed by atoms with Crippen LogP contribution in [-0.2, 0) is 23.8 Å². The second-order valence-electron chi connectivity index (χ2n) is 8.16. The van der Waals surface area contributed by atoms with Crippen molar-refractivity contribution in [3.63, 3.8) is 0 Å². The zero-order valence-electron chi connectivity index (χ0n) is 17.7. The highest BCUT2D eigenvalue weighted by Gasteiger charge is 2.50. The van der Waals surface area contributed by atoms with E-state index in [9.17, 15) is 17.6 Å². The monoisotopic (exact) mass is 479 g/mol. The highest BCUT2D eigenvalue weighted by Crippen LogP contribution is 2.45. The van der Waals surface area contributed by atoms with Crippen molar-refractivity contribution in [2.45, 2.75) is 37.3 Å².